The summed E-state index contributed by atoms with van der Waals surface area (Å²) in [6.45, 7) is 4.67. The molecule has 0 radical (unpaired) electrons. The van der Waals surface area contributed by atoms with Crippen LogP contribution in [0.1, 0.15) is 19.4 Å². The van der Waals surface area contributed by atoms with E-state index in [1.165, 1.54) is 7.11 Å². The van der Waals surface area contributed by atoms with Gasteiger partial charge in [0.2, 0.25) is 0 Å². The van der Waals surface area contributed by atoms with Gasteiger partial charge < -0.3 is 19.5 Å². The molecule has 1 aromatic rings. The molecule has 0 saturated heterocycles. The van der Waals surface area contributed by atoms with Crippen molar-refractivity contribution in [2.75, 3.05) is 20.8 Å². The Hall–Kier alpha value is -1.75. The van der Waals surface area contributed by atoms with Gasteiger partial charge in [-0.15, -0.1) is 0 Å². The number of carbonyl (C=O) groups excluding carboxylic acids is 1. The van der Waals surface area contributed by atoms with E-state index in [0.29, 0.717) is 18.3 Å². The van der Waals surface area contributed by atoms with E-state index in [2.05, 4.69) is 23.9 Å². The van der Waals surface area contributed by atoms with Crippen LogP contribution >= 0.6 is 0 Å². The quantitative estimate of drug-likeness (QED) is 0.763. The molecule has 0 aliphatic carbocycles. The number of benzene rings is 1. The average molecular weight is 267 g/mol. The number of rotatable bonds is 7. The third kappa shape index (κ3) is 5.18. The summed E-state index contributed by atoms with van der Waals surface area (Å²) in [7, 11) is 2.95. The smallest absolute Gasteiger partial charge is 0.343 e. The molecule has 19 heavy (non-hydrogen) atoms. The number of esters is 1. The number of hydrogen-bond acceptors (Lipinski definition) is 5. The fourth-order valence-corrected chi connectivity index (χ4v) is 1.47. The Morgan fingerprint density at radius 2 is 2.05 bits per heavy atom. The molecule has 1 rings (SSSR count). The number of ether oxygens (including phenoxy) is 3. The van der Waals surface area contributed by atoms with Crippen molar-refractivity contribution in [1.82, 2.24) is 5.32 Å². The molecule has 0 bridgehead atoms. The Labute approximate surface area is 113 Å². The van der Waals surface area contributed by atoms with Gasteiger partial charge in [0.25, 0.3) is 0 Å². The summed E-state index contributed by atoms with van der Waals surface area (Å²) in [5.74, 6) is 1.00. The van der Waals surface area contributed by atoms with Crippen molar-refractivity contribution in [3.05, 3.63) is 23.8 Å². The predicted molar refractivity (Wildman–Crippen MR) is 72.5 cm³/mol. The second kappa shape index (κ2) is 7.63. The Morgan fingerprint density at radius 3 is 2.63 bits per heavy atom. The highest BCUT2D eigenvalue weighted by molar-refractivity contribution is 5.70. The molecule has 5 heteroatoms. The Bertz CT molecular complexity index is 418. The van der Waals surface area contributed by atoms with Gasteiger partial charge in [-0.3, -0.25) is 0 Å². The summed E-state index contributed by atoms with van der Waals surface area (Å²) >= 11 is 0. The van der Waals surface area contributed by atoms with Gasteiger partial charge in [-0.05, 0) is 18.2 Å². The van der Waals surface area contributed by atoms with Gasteiger partial charge in [0, 0.05) is 18.2 Å². The van der Waals surface area contributed by atoms with E-state index in [-0.39, 0.29) is 6.61 Å². The minimum absolute atomic E-state index is 0.0997. The molecule has 0 heterocycles. The number of carbonyl (C=O) groups is 1. The fourth-order valence-electron chi connectivity index (χ4n) is 1.47. The Balaban J connectivity index is 2.79. The standard InChI is InChI=1S/C14H21NO4/c1-10(2)15-8-11-7-12(17-3)5-6-13(11)19-9-14(16)18-4/h5-7,10,15H,8-9H2,1-4H3. The van der Waals surface area contributed by atoms with Gasteiger partial charge in [-0.25, -0.2) is 4.79 Å². The number of nitrogens with one attached hydrogen (secondary N) is 1. The number of hydrogen-bond donors (Lipinski definition) is 1. The molecular formula is C14H21NO4. The maximum atomic E-state index is 11.1. The lowest BCUT2D eigenvalue weighted by Gasteiger charge is -2.14. The number of methoxy groups -OCH3 is 2. The largest absolute Gasteiger partial charge is 0.497 e. The second-order valence-electron chi connectivity index (χ2n) is 4.37. The summed E-state index contributed by atoms with van der Waals surface area (Å²) < 4.78 is 15.2. The minimum Gasteiger partial charge on any atom is -0.497 e. The van der Waals surface area contributed by atoms with Crippen LogP contribution < -0.4 is 14.8 Å². The van der Waals surface area contributed by atoms with Gasteiger partial charge in [-0.2, -0.15) is 0 Å². The summed E-state index contributed by atoms with van der Waals surface area (Å²) in [6, 6.07) is 5.84. The van der Waals surface area contributed by atoms with E-state index in [0.717, 1.165) is 11.3 Å². The van der Waals surface area contributed by atoms with Crippen molar-refractivity contribution in [3.8, 4) is 11.5 Å². The first-order valence-corrected chi connectivity index (χ1v) is 6.16. The fraction of sp³-hybridized carbons (Fsp3) is 0.500. The van der Waals surface area contributed by atoms with Crippen molar-refractivity contribution in [2.45, 2.75) is 26.4 Å². The highest BCUT2D eigenvalue weighted by Crippen LogP contribution is 2.24. The van der Waals surface area contributed by atoms with Gasteiger partial charge in [0.05, 0.1) is 14.2 Å². The molecule has 0 aliphatic heterocycles. The van der Waals surface area contributed by atoms with E-state index < -0.39 is 5.97 Å². The summed E-state index contributed by atoms with van der Waals surface area (Å²) in [5.41, 5.74) is 0.942. The van der Waals surface area contributed by atoms with Crippen molar-refractivity contribution < 1.29 is 19.0 Å². The van der Waals surface area contributed by atoms with Gasteiger partial charge in [-0.1, -0.05) is 13.8 Å². The van der Waals surface area contributed by atoms with Crippen molar-refractivity contribution in [1.29, 1.82) is 0 Å². The zero-order valence-corrected chi connectivity index (χ0v) is 11.9. The van der Waals surface area contributed by atoms with Crippen LogP contribution in [-0.4, -0.2) is 32.8 Å². The topological polar surface area (TPSA) is 56.8 Å². The first kappa shape index (κ1) is 15.3. The van der Waals surface area contributed by atoms with Crippen molar-refractivity contribution in [3.63, 3.8) is 0 Å². The van der Waals surface area contributed by atoms with Crippen LogP contribution in [0.15, 0.2) is 18.2 Å². The van der Waals surface area contributed by atoms with Crippen LogP contribution in [0.2, 0.25) is 0 Å². The first-order valence-electron chi connectivity index (χ1n) is 6.16. The summed E-state index contributed by atoms with van der Waals surface area (Å²) in [5, 5.41) is 3.30. The van der Waals surface area contributed by atoms with Crippen LogP contribution in [0.5, 0.6) is 11.5 Å². The van der Waals surface area contributed by atoms with E-state index in [1.807, 2.05) is 6.07 Å². The normalized spacial score (nSPS) is 10.4. The van der Waals surface area contributed by atoms with Crippen LogP contribution in [0.4, 0.5) is 0 Å². The van der Waals surface area contributed by atoms with Gasteiger partial charge >= 0.3 is 5.97 Å². The molecule has 0 fully saturated rings. The first-order chi connectivity index (χ1) is 9.06. The highest BCUT2D eigenvalue weighted by atomic mass is 16.6. The zero-order valence-electron chi connectivity index (χ0n) is 11.9. The molecule has 106 valence electrons. The van der Waals surface area contributed by atoms with Crippen molar-refractivity contribution in [2.24, 2.45) is 0 Å². The van der Waals surface area contributed by atoms with Crippen LogP contribution in [-0.2, 0) is 16.1 Å². The third-order valence-corrected chi connectivity index (χ3v) is 2.54. The molecule has 1 aromatic carbocycles. The third-order valence-electron chi connectivity index (χ3n) is 2.54. The van der Waals surface area contributed by atoms with E-state index >= 15 is 0 Å². The monoisotopic (exact) mass is 267 g/mol. The SMILES string of the molecule is COC(=O)COc1ccc(OC)cc1CNC(C)C. The molecule has 0 atom stereocenters. The molecule has 0 saturated carbocycles. The van der Waals surface area contributed by atoms with E-state index in [9.17, 15) is 4.79 Å². The van der Waals surface area contributed by atoms with E-state index in [4.69, 9.17) is 9.47 Å². The van der Waals surface area contributed by atoms with Gasteiger partial charge in [0.1, 0.15) is 11.5 Å². The maximum Gasteiger partial charge on any atom is 0.343 e. The van der Waals surface area contributed by atoms with E-state index in [1.54, 1.807) is 19.2 Å². The highest BCUT2D eigenvalue weighted by Gasteiger charge is 2.09. The Morgan fingerprint density at radius 1 is 1.32 bits per heavy atom. The van der Waals surface area contributed by atoms with Crippen LogP contribution in [0, 0.1) is 0 Å². The Kier molecular flexibility index (Phi) is 6.15. The summed E-state index contributed by atoms with van der Waals surface area (Å²) in [6.07, 6.45) is 0. The molecular weight excluding hydrogens is 246 g/mol. The van der Waals surface area contributed by atoms with Crippen molar-refractivity contribution >= 4 is 5.97 Å². The molecule has 5 nitrogen and oxygen atoms in total. The van der Waals surface area contributed by atoms with Crippen LogP contribution in [0.3, 0.4) is 0 Å². The van der Waals surface area contributed by atoms with Crippen LogP contribution in [0.25, 0.3) is 0 Å². The predicted octanol–water partition coefficient (Wildman–Crippen LogP) is 1.74. The second-order valence-corrected chi connectivity index (χ2v) is 4.37. The molecule has 0 aliphatic rings. The lowest BCUT2D eigenvalue weighted by molar-refractivity contribution is -0.142. The lowest BCUT2D eigenvalue weighted by Crippen LogP contribution is -2.22. The summed E-state index contributed by atoms with van der Waals surface area (Å²) in [4.78, 5) is 11.1. The van der Waals surface area contributed by atoms with Gasteiger partial charge in [0.15, 0.2) is 6.61 Å². The average Bonchev–Trinajstić information content (AvgIpc) is 2.42. The molecule has 0 aromatic heterocycles. The molecule has 1 N–H and O–H groups in total. The lowest BCUT2D eigenvalue weighted by atomic mass is 10.1. The molecule has 0 unspecified atom stereocenters. The minimum atomic E-state index is -0.404. The molecule has 0 amide bonds. The zero-order chi connectivity index (χ0) is 14.3. The molecule has 0 spiro atoms. The maximum absolute atomic E-state index is 11.1.